The highest BCUT2D eigenvalue weighted by atomic mass is 35.5. The lowest BCUT2D eigenvalue weighted by molar-refractivity contribution is 0.0557. The molecule has 0 aliphatic rings. The molecule has 0 aliphatic heterocycles. The van der Waals surface area contributed by atoms with Crippen LogP contribution in [0.1, 0.15) is 61.8 Å². The van der Waals surface area contributed by atoms with Crippen molar-refractivity contribution in [3.63, 3.8) is 0 Å². The molecule has 1 N–H and O–H groups in total. The number of carbonyl (C=O) groups excluding carboxylic acids is 2. The number of hydrogen-bond donors (Lipinski definition) is 1. The molecule has 3 aromatic rings. The lowest BCUT2D eigenvalue weighted by Crippen LogP contribution is -2.35. The van der Waals surface area contributed by atoms with E-state index < -0.39 is 17.5 Å². The third-order valence-electron chi connectivity index (χ3n) is 5.33. The zero-order valence-corrected chi connectivity index (χ0v) is 22.0. The minimum absolute atomic E-state index is 0.0207. The Hall–Kier alpha value is -3.26. The Morgan fingerprint density at radius 2 is 1.63 bits per heavy atom. The van der Waals surface area contributed by atoms with Gasteiger partial charge in [0, 0.05) is 10.9 Å². The number of furan rings is 1. The predicted molar refractivity (Wildman–Crippen MR) is 135 cm³/mol. The Balaban J connectivity index is 2.29. The van der Waals surface area contributed by atoms with Gasteiger partial charge in [0.2, 0.25) is 5.88 Å². The van der Waals surface area contributed by atoms with E-state index in [9.17, 15) is 9.59 Å². The number of anilines is 1. The molecule has 0 aliphatic carbocycles. The van der Waals surface area contributed by atoms with Crippen molar-refractivity contribution in [1.82, 2.24) is 4.98 Å². The first-order valence-corrected chi connectivity index (χ1v) is 11.4. The van der Waals surface area contributed by atoms with Gasteiger partial charge in [0.25, 0.3) is 0 Å². The third kappa shape index (κ3) is 5.70. The average molecular weight is 503 g/mol. The minimum atomic E-state index is -0.771. The minimum Gasteiger partial charge on any atom is -0.497 e. The summed E-state index contributed by atoms with van der Waals surface area (Å²) in [5.74, 6) is -0.757. The van der Waals surface area contributed by atoms with Crippen LogP contribution < -0.4 is 10.1 Å². The van der Waals surface area contributed by atoms with E-state index >= 15 is 0 Å². The molecule has 188 valence electrons. The van der Waals surface area contributed by atoms with Gasteiger partial charge in [-0.25, -0.2) is 14.6 Å². The fraction of sp³-hybridized carbons (Fsp3) is 0.423. The summed E-state index contributed by atoms with van der Waals surface area (Å²) in [6.07, 6.45) is 0.738. The second-order valence-electron chi connectivity index (χ2n) is 10.1. The lowest BCUT2D eigenvalue weighted by Gasteiger charge is -2.33. The average Bonchev–Trinajstić information content (AvgIpc) is 3.13. The van der Waals surface area contributed by atoms with Crippen molar-refractivity contribution in [1.29, 1.82) is 0 Å². The van der Waals surface area contributed by atoms with Crippen LogP contribution in [-0.4, -0.2) is 43.8 Å². The molecule has 35 heavy (non-hydrogen) atoms. The van der Waals surface area contributed by atoms with Crippen molar-refractivity contribution in [3.05, 3.63) is 40.5 Å². The number of ether oxygens (including phenoxy) is 3. The van der Waals surface area contributed by atoms with E-state index in [1.165, 1.54) is 14.2 Å². The van der Waals surface area contributed by atoms with Crippen molar-refractivity contribution in [2.24, 2.45) is 5.41 Å². The largest absolute Gasteiger partial charge is 0.497 e. The van der Waals surface area contributed by atoms with E-state index in [1.54, 1.807) is 31.4 Å². The first-order valence-electron chi connectivity index (χ1n) is 11.1. The smallest absolute Gasteiger partial charge is 0.344 e. The molecular formula is C26H31ClN2O6. The normalized spacial score (nSPS) is 11.9. The maximum atomic E-state index is 12.9. The summed E-state index contributed by atoms with van der Waals surface area (Å²) in [5.41, 5.74) is 0.260. The van der Waals surface area contributed by atoms with Crippen LogP contribution in [-0.2, 0) is 9.47 Å². The fourth-order valence-electron chi connectivity index (χ4n) is 4.40. The molecular weight excluding hydrogens is 472 g/mol. The standard InChI is InChI=1S/C26H31ClN2O6/c1-25(2,3)13-26(4,5)29-22-19(24(31)34-8)18(23(30)33-7)20(35-22)16-12-14-11-15(32-6)9-10-17(14)28-21(16)27/h9-12,29H,13H2,1-8H3. The first kappa shape index (κ1) is 26.3. The van der Waals surface area contributed by atoms with Crippen molar-refractivity contribution in [3.8, 4) is 17.1 Å². The number of aromatic nitrogens is 1. The molecule has 0 bridgehead atoms. The second kappa shape index (κ2) is 9.77. The van der Waals surface area contributed by atoms with Crippen molar-refractivity contribution in [2.75, 3.05) is 26.6 Å². The van der Waals surface area contributed by atoms with Gasteiger partial charge < -0.3 is 23.9 Å². The number of nitrogens with zero attached hydrogens (tertiary/aromatic N) is 1. The van der Waals surface area contributed by atoms with E-state index in [2.05, 4.69) is 31.1 Å². The van der Waals surface area contributed by atoms with Gasteiger partial charge in [-0.05, 0) is 49.9 Å². The zero-order chi connectivity index (χ0) is 26.1. The summed E-state index contributed by atoms with van der Waals surface area (Å²) in [6.45, 7) is 10.3. The number of esters is 2. The molecule has 3 rings (SSSR count). The summed E-state index contributed by atoms with van der Waals surface area (Å²) < 4.78 is 21.5. The first-order chi connectivity index (χ1) is 16.3. The van der Waals surface area contributed by atoms with Gasteiger partial charge in [-0.2, -0.15) is 0 Å². The topological polar surface area (TPSA) is 99.9 Å². The van der Waals surface area contributed by atoms with E-state index in [-0.39, 0.29) is 33.3 Å². The molecule has 0 fully saturated rings. The summed E-state index contributed by atoms with van der Waals surface area (Å²) in [6, 6.07) is 7.06. The molecule has 0 atom stereocenters. The number of pyridine rings is 1. The fourth-order valence-corrected chi connectivity index (χ4v) is 4.63. The number of carbonyl (C=O) groups is 2. The van der Waals surface area contributed by atoms with Gasteiger partial charge in [0.1, 0.15) is 22.0 Å². The van der Waals surface area contributed by atoms with E-state index in [0.29, 0.717) is 22.2 Å². The maximum Gasteiger partial charge on any atom is 0.344 e. The molecule has 1 aromatic carbocycles. The van der Waals surface area contributed by atoms with Gasteiger partial charge in [-0.1, -0.05) is 32.4 Å². The summed E-state index contributed by atoms with van der Waals surface area (Å²) in [4.78, 5) is 30.2. The van der Waals surface area contributed by atoms with Gasteiger partial charge in [0.15, 0.2) is 5.76 Å². The highest BCUT2D eigenvalue weighted by Gasteiger charge is 2.36. The Morgan fingerprint density at radius 1 is 1.00 bits per heavy atom. The third-order valence-corrected chi connectivity index (χ3v) is 5.62. The van der Waals surface area contributed by atoms with Crippen LogP contribution in [0, 0.1) is 5.41 Å². The molecule has 0 unspecified atom stereocenters. The van der Waals surface area contributed by atoms with Crippen LogP contribution in [0.5, 0.6) is 5.75 Å². The van der Waals surface area contributed by atoms with Crippen LogP contribution in [0.15, 0.2) is 28.7 Å². The Bertz CT molecular complexity index is 1270. The molecule has 0 amide bonds. The van der Waals surface area contributed by atoms with Crippen molar-refractivity contribution < 1.29 is 28.2 Å². The van der Waals surface area contributed by atoms with Gasteiger partial charge in [0.05, 0.1) is 32.4 Å². The highest BCUT2D eigenvalue weighted by molar-refractivity contribution is 6.33. The van der Waals surface area contributed by atoms with E-state index in [4.69, 9.17) is 30.2 Å². The molecule has 0 saturated carbocycles. The van der Waals surface area contributed by atoms with Gasteiger partial charge >= 0.3 is 11.9 Å². The number of nitrogens with one attached hydrogen (secondary N) is 1. The Kier molecular flexibility index (Phi) is 7.36. The maximum absolute atomic E-state index is 12.9. The number of methoxy groups -OCH3 is 3. The molecule has 0 spiro atoms. The van der Waals surface area contributed by atoms with Gasteiger partial charge in [-0.3, -0.25) is 0 Å². The molecule has 9 heteroatoms. The van der Waals surface area contributed by atoms with Crippen molar-refractivity contribution in [2.45, 2.75) is 46.6 Å². The summed E-state index contributed by atoms with van der Waals surface area (Å²) >= 11 is 6.54. The zero-order valence-electron chi connectivity index (χ0n) is 21.3. The molecule has 0 radical (unpaired) electrons. The summed E-state index contributed by atoms with van der Waals surface area (Å²) in [5, 5.41) is 4.09. The molecule has 0 saturated heterocycles. The molecule has 8 nitrogen and oxygen atoms in total. The number of hydrogen-bond acceptors (Lipinski definition) is 8. The SMILES string of the molecule is COC(=O)c1c(NC(C)(C)CC(C)(C)C)oc(-c2cc3cc(OC)ccc3nc2Cl)c1C(=O)OC. The van der Waals surface area contributed by atoms with Crippen molar-refractivity contribution >= 4 is 40.3 Å². The van der Waals surface area contributed by atoms with Crippen LogP contribution >= 0.6 is 11.6 Å². The Labute approximate surface area is 209 Å². The Morgan fingerprint density at radius 3 is 2.20 bits per heavy atom. The quantitative estimate of drug-likeness (QED) is 0.294. The van der Waals surface area contributed by atoms with Gasteiger partial charge in [-0.15, -0.1) is 0 Å². The lowest BCUT2D eigenvalue weighted by atomic mass is 9.82. The molecule has 2 heterocycles. The highest BCUT2D eigenvalue weighted by Crippen LogP contribution is 2.41. The van der Waals surface area contributed by atoms with E-state index in [1.807, 2.05) is 13.8 Å². The van der Waals surface area contributed by atoms with Crippen LogP contribution in [0.25, 0.3) is 22.2 Å². The number of benzene rings is 1. The number of rotatable bonds is 7. The number of halogens is 1. The monoisotopic (exact) mass is 502 g/mol. The summed E-state index contributed by atoms with van der Waals surface area (Å²) in [7, 11) is 4.02. The second-order valence-corrected chi connectivity index (χ2v) is 10.5. The number of fused-ring (bicyclic) bond motifs is 1. The van der Waals surface area contributed by atoms with E-state index in [0.717, 1.165) is 6.42 Å². The predicted octanol–water partition coefficient (Wildman–Crippen LogP) is 6.36. The van der Waals surface area contributed by atoms with Crippen LogP contribution in [0.2, 0.25) is 5.15 Å². The van der Waals surface area contributed by atoms with Crippen LogP contribution in [0.4, 0.5) is 5.88 Å². The molecule has 2 aromatic heterocycles. The van der Waals surface area contributed by atoms with Crippen LogP contribution in [0.3, 0.4) is 0 Å².